The van der Waals surface area contributed by atoms with E-state index in [1.54, 1.807) is 48.1 Å². The summed E-state index contributed by atoms with van der Waals surface area (Å²) in [6, 6.07) is 10.6. The summed E-state index contributed by atoms with van der Waals surface area (Å²) in [5, 5.41) is 0.550. The summed E-state index contributed by atoms with van der Waals surface area (Å²) >= 11 is 0. The summed E-state index contributed by atoms with van der Waals surface area (Å²) in [7, 11) is 1.78. The number of rotatable bonds is 4. The number of aromatic nitrogens is 3. The van der Waals surface area contributed by atoms with Crippen LogP contribution in [0.3, 0.4) is 0 Å². The molecular weight excluding hydrogens is 294 g/mol. The van der Waals surface area contributed by atoms with E-state index in [-0.39, 0.29) is 11.5 Å². The summed E-state index contributed by atoms with van der Waals surface area (Å²) in [5.74, 6) is 0.00122. The zero-order valence-electron chi connectivity index (χ0n) is 12.9. The first-order chi connectivity index (χ1) is 11.1. The zero-order chi connectivity index (χ0) is 16.4. The third-order valence-electron chi connectivity index (χ3n) is 3.64. The van der Waals surface area contributed by atoms with Crippen LogP contribution in [0.2, 0.25) is 0 Å². The molecule has 23 heavy (non-hydrogen) atoms. The molecule has 0 fully saturated rings. The Morgan fingerprint density at radius 1 is 1.22 bits per heavy atom. The molecule has 0 saturated carbocycles. The van der Waals surface area contributed by atoms with Crippen LogP contribution < -0.4 is 16.4 Å². The quantitative estimate of drug-likeness (QED) is 0.716. The number of amides is 1. The van der Waals surface area contributed by atoms with Gasteiger partial charge in [-0.25, -0.2) is 4.98 Å². The van der Waals surface area contributed by atoms with Crippen LogP contribution in [-0.2, 0) is 13.6 Å². The fourth-order valence-corrected chi connectivity index (χ4v) is 2.43. The number of hydrazine groups is 1. The Labute approximate surface area is 132 Å². The van der Waals surface area contributed by atoms with Crippen molar-refractivity contribution in [1.82, 2.24) is 19.5 Å². The van der Waals surface area contributed by atoms with Crippen molar-refractivity contribution in [3.05, 3.63) is 58.6 Å². The van der Waals surface area contributed by atoms with E-state index in [2.05, 4.69) is 15.8 Å². The lowest BCUT2D eigenvalue weighted by Crippen LogP contribution is -2.35. The summed E-state index contributed by atoms with van der Waals surface area (Å²) in [6.07, 6.45) is 1.78. The number of fused-ring (bicyclic) bond motifs is 1. The summed E-state index contributed by atoms with van der Waals surface area (Å²) in [5.41, 5.74) is 6.27. The van der Waals surface area contributed by atoms with Crippen molar-refractivity contribution in [1.29, 1.82) is 0 Å². The average Bonchev–Trinajstić information content (AvgIpc) is 2.99. The van der Waals surface area contributed by atoms with E-state index in [4.69, 9.17) is 0 Å². The van der Waals surface area contributed by atoms with Crippen molar-refractivity contribution >= 4 is 22.8 Å². The van der Waals surface area contributed by atoms with Crippen LogP contribution in [0.1, 0.15) is 17.4 Å². The maximum Gasteiger partial charge on any atom is 0.286 e. The Balaban J connectivity index is 1.92. The molecule has 0 aliphatic rings. The SMILES string of the molecule is CCn1c(NNC(=O)c2cccn2C)nc2ccccc2c1=O. The van der Waals surface area contributed by atoms with Gasteiger partial charge in [-0.05, 0) is 31.2 Å². The first-order valence-corrected chi connectivity index (χ1v) is 7.29. The van der Waals surface area contributed by atoms with E-state index in [9.17, 15) is 9.59 Å². The van der Waals surface area contributed by atoms with Crippen LogP contribution in [0, 0.1) is 0 Å². The smallest absolute Gasteiger partial charge is 0.286 e. The number of benzene rings is 1. The maximum atomic E-state index is 12.5. The highest BCUT2D eigenvalue weighted by atomic mass is 16.2. The molecule has 3 rings (SSSR count). The van der Waals surface area contributed by atoms with Crippen LogP contribution in [0.5, 0.6) is 0 Å². The number of hydrogen-bond acceptors (Lipinski definition) is 4. The minimum absolute atomic E-state index is 0.145. The van der Waals surface area contributed by atoms with Gasteiger partial charge in [0.2, 0.25) is 5.95 Å². The van der Waals surface area contributed by atoms with Crippen molar-refractivity contribution < 1.29 is 4.79 Å². The Hall–Kier alpha value is -3.09. The first kappa shape index (κ1) is 14.8. The molecule has 0 atom stereocenters. The molecule has 3 aromatic rings. The van der Waals surface area contributed by atoms with Crippen molar-refractivity contribution in [3.63, 3.8) is 0 Å². The molecule has 0 spiro atoms. The number of aryl methyl sites for hydroxylation is 1. The van der Waals surface area contributed by atoms with Crippen LogP contribution in [-0.4, -0.2) is 20.0 Å². The molecule has 0 radical (unpaired) electrons. The average molecular weight is 311 g/mol. The summed E-state index contributed by atoms with van der Waals surface area (Å²) in [4.78, 5) is 29.0. The fourth-order valence-electron chi connectivity index (χ4n) is 2.43. The standard InChI is InChI=1S/C16H17N5O2/c1-3-21-15(23)11-7-4-5-8-12(11)17-16(21)19-18-14(22)13-9-6-10-20(13)2/h4-10H,3H2,1-2H3,(H,17,19)(H,18,22). The van der Waals surface area contributed by atoms with Crippen molar-refractivity contribution in [2.75, 3.05) is 5.43 Å². The second-order valence-electron chi connectivity index (χ2n) is 5.09. The number of carbonyl (C=O) groups is 1. The summed E-state index contributed by atoms with van der Waals surface area (Å²) in [6.45, 7) is 2.29. The van der Waals surface area contributed by atoms with E-state index >= 15 is 0 Å². The molecule has 7 nitrogen and oxygen atoms in total. The van der Waals surface area contributed by atoms with Crippen LogP contribution in [0.25, 0.3) is 10.9 Å². The van der Waals surface area contributed by atoms with Gasteiger partial charge in [0.25, 0.3) is 11.5 Å². The van der Waals surface area contributed by atoms with Gasteiger partial charge in [0.05, 0.1) is 10.9 Å². The van der Waals surface area contributed by atoms with Gasteiger partial charge in [0.1, 0.15) is 5.69 Å². The number of nitrogens with zero attached hydrogens (tertiary/aromatic N) is 3. The second-order valence-corrected chi connectivity index (χ2v) is 5.09. The third-order valence-corrected chi connectivity index (χ3v) is 3.64. The van der Waals surface area contributed by atoms with Gasteiger partial charge in [-0.1, -0.05) is 12.1 Å². The number of para-hydroxylation sites is 1. The van der Waals surface area contributed by atoms with Gasteiger partial charge in [0, 0.05) is 19.8 Å². The second kappa shape index (κ2) is 5.96. The zero-order valence-corrected chi connectivity index (χ0v) is 12.9. The molecule has 1 aromatic carbocycles. The Morgan fingerprint density at radius 2 is 2.00 bits per heavy atom. The molecule has 7 heteroatoms. The molecule has 0 aliphatic carbocycles. The van der Waals surface area contributed by atoms with E-state index < -0.39 is 0 Å². The van der Waals surface area contributed by atoms with Gasteiger partial charge >= 0.3 is 0 Å². The van der Waals surface area contributed by atoms with Crippen LogP contribution in [0.4, 0.5) is 5.95 Å². The molecule has 118 valence electrons. The topological polar surface area (TPSA) is 81.0 Å². The van der Waals surface area contributed by atoms with E-state index in [0.717, 1.165) is 0 Å². The minimum Gasteiger partial charge on any atom is -0.347 e. The fraction of sp³-hybridized carbons (Fsp3) is 0.188. The van der Waals surface area contributed by atoms with E-state index in [1.165, 1.54) is 4.57 Å². The maximum absolute atomic E-state index is 12.5. The molecule has 0 aliphatic heterocycles. The number of nitrogens with one attached hydrogen (secondary N) is 2. The van der Waals surface area contributed by atoms with Crippen molar-refractivity contribution in [2.45, 2.75) is 13.5 Å². The number of anilines is 1. The largest absolute Gasteiger partial charge is 0.347 e. The van der Waals surface area contributed by atoms with Gasteiger partial charge in [-0.3, -0.25) is 25.0 Å². The van der Waals surface area contributed by atoms with Crippen LogP contribution in [0.15, 0.2) is 47.4 Å². The van der Waals surface area contributed by atoms with Gasteiger partial charge < -0.3 is 4.57 Å². The lowest BCUT2D eigenvalue weighted by molar-refractivity contribution is 0.0954. The highest BCUT2D eigenvalue weighted by Gasteiger charge is 2.12. The molecule has 0 unspecified atom stereocenters. The Bertz CT molecular complexity index is 926. The first-order valence-electron chi connectivity index (χ1n) is 7.29. The molecule has 0 saturated heterocycles. The van der Waals surface area contributed by atoms with Crippen molar-refractivity contribution in [3.8, 4) is 0 Å². The molecular formula is C16H17N5O2. The van der Waals surface area contributed by atoms with E-state index in [1.807, 2.05) is 13.0 Å². The molecule has 2 N–H and O–H groups in total. The molecule has 0 bridgehead atoms. The molecule has 2 heterocycles. The molecule has 1 amide bonds. The predicted octanol–water partition coefficient (Wildman–Crippen LogP) is 1.51. The lowest BCUT2D eigenvalue weighted by atomic mass is 10.2. The highest BCUT2D eigenvalue weighted by molar-refractivity contribution is 5.93. The highest BCUT2D eigenvalue weighted by Crippen LogP contribution is 2.10. The van der Waals surface area contributed by atoms with Gasteiger partial charge in [0.15, 0.2) is 0 Å². The van der Waals surface area contributed by atoms with Gasteiger partial charge in [-0.15, -0.1) is 0 Å². The third kappa shape index (κ3) is 2.68. The van der Waals surface area contributed by atoms with Crippen LogP contribution >= 0.6 is 0 Å². The molecule has 2 aromatic heterocycles. The lowest BCUT2D eigenvalue weighted by Gasteiger charge is -2.14. The van der Waals surface area contributed by atoms with Gasteiger partial charge in [-0.2, -0.15) is 0 Å². The predicted molar refractivity (Wildman–Crippen MR) is 88.2 cm³/mol. The number of hydrogen-bond donors (Lipinski definition) is 2. The Morgan fingerprint density at radius 3 is 2.70 bits per heavy atom. The number of carbonyl (C=O) groups excluding carboxylic acids is 1. The summed E-state index contributed by atoms with van der Waals surface area (Å²) < 4.78 is 3.19. The van der Waals surface area contributed by atoms with E-state index in [0.29, 0.717) is 29.1 Å². The minimum atomic E-state index is -0.303. The van der Waals surface area contributed by atoms with Crippen molar-refractivity contribution in [2.24, 2.45) is 7.05 Å². The monoisotopic (exact) mass is 311 g/mol. The normalized spacial score (nSPS) is 10.7. The Kier molecular flexibility index (Phi) is 3.84.